The Balaban J connectivity index is 0.000000131. The normalized spacial score (nSPS) is 16.7. The first-order chi connectivity index (χ1) is 50.2. The number of nitrogens with one attached hydrogen (secondary N) is 3. The van der Waals surface area contributed by atoms with Gasteiger partial charge in [0.1, 0.15) is 51.0 Å². The van der Waals surface area contributed by atoms with E-state index in [1.807, 2.05) is 225 Å². The fourth-order valence-electron chi connectivity index (χ4n) is 14.4. The fourth-order valence-corrected chi connectivity index (χ4v) is 14.4. The average molecular weight is 1380 g/mol. The highest BCUT2D eigenvalue weighted by Gasteiger charge is 2.37. The lowest BCUT2D eigenvalue weighted by Gasteiger charge is -2.34. The molecule has 3 saturated heterocycles. The molecule has 4 aliphatic rings. The van der Waals surface area contributed by atoms with E-state index in [1.54, 1.807) is 0 Å². The van der Waals surface area contributed by atoms with Crippen molar-refractivity contribution in [1.29, 1.82) is 0 Å². The Kier molecular flexibility index (Phi) is 19.7. The number of nitrogen functional groups attached to an aromatic ring is 3. The minimum Gasteiger partial charge on any atom is -0.457 e. The number of piperidine rings is 3. The number of nitrogens with two attached hydrogens (primary N) is 3. The Hall–Kier alpha value is -12.2. The Morgan fingerprint density at radius 2 is 0.680 bits per heavy atom. The number of benzene rings is 6. The van der Waals surface area contributed by atoms with Crippen molar-refractivity contribution in [3.63, 3.8) is 0 Å². The Labute approximate surface area is 592 Å². The Morgan fingerprint density at radius 1 is 0.398 bits per heavy atom. The lowest BCUT2D eigenvalue weighted by Crippen LogP contribution is -2.41. The molecule has 1 aliphatic carbocycles. The van der Waals surface area contributed by atoms with Gasteiger partial charge in [0.2, 0.25) is 17.7 Å². The molecule has 6 aromatic carbocycles. The number of rotatable bonds is 15. The molecular weight excluding hydrogens is 1300 g/mol. The first-order valence-corrected chi connectivity index (χ1v) is 35.2. The van der Waals surface area contributed by atoms with Gasteiger partial charge in [-0.05, 0) is 141 Å². The van der Waals surface area contributed by atoms with Crippen molar-refractivity contribution < 1.29 is 28.6 Å². The van der Waals surface area contributed by atoms with Gasteiger partial charge in [0, 0.05) is 93.3 Å². The molecule has 0 radical (unpaired) electrons. The molecule has 0 bridgehead atoms. The van der Waals surface area contributed by atoms with Crippen LogP contribution in [-0.2, 0) is 14.4 Å². The molecule has 24 heteroatoms. The number of likely N-dealkylation sites (tertiary alicyclic amines) is 3. The number of fused-ring (bicyclic) bond motifs is 3. The van der Waals surface area contributed by atoms with E-state index >= 15 is 0 Å². The van der Waals surface area contributed by atoms with Gasteiger partial charge in [-0.15, -0.1) is 0 Å². The van der Waals surface area contributed by atoms with Gasteiger partial charge in [0.05, 0.1) is 34.3 Å². The van der Waals surface area contributed by atoms with E-state index in [9.17, 15) is 28.8 Å². The lowest BCUT2D eigenvalue weighted by atomic mass is 10.0. The SMILES string of the molecule is CCC(=O)N1CCC[C@@H](n2cc(-c3ccc(Oc4ccccc4)cc3)c3c(N)n[nH]c(=O)c32)C1.CCC(=O)N1CCC[C@@H](n2cc(-c3ccc(Oc4ccccc4)cc3)c3c(N)n[nH]c(=O)c32)C1.Nc1n[nH]c(=O)c2c1c(-c1ccc(Oc3ccccc3)cc1)cn2[C@@H]1CCCN(C(=O)C2CC2)C1. The number of aromatic amines is 3. The molecule has 3 amide bonds. The molecule has 12 aromatic rings. The fraction of sp³-hybridized carbons (Fsp3) is 0.278. The zero-order valence-electron chi connectivity index (χ0n) is 57.4. The highest BCUT2D eigenvalue weighted by Crippen LogP contribution is 2.42. The monoisotopic (exact) mass is 1380 g/mol. The summed E-state index contributed by atoms with van der Waals surface area (Å²) in [6.07, 6.45) is 14.2. The Morgan fingerprint density at radius 3 is 0.971 bits per heavy atom. The second-order valence-corrected chi connectivity index (χ2v) is 26.5. The van der Waals surface area contributed by atoms with E-state index in [1.165, 1.54) is 0 Å². The zero-order chi connectivity index (χ0) is 71.3. The first kappa shape index (κ1) is 67.9. The first-order valence-electron chi connectivity index (χ1n) is 35.2. The predicted molar refractivity (Wildman–Crippen MR) is 398 cm³/mol. The van der Waals surface area contributed by atoms with Gasteiger partial charge in [-0.1, -0.05) is 105 Å². The van der Waals surface area contributed by atoms with Crippen LogP contribution in [0.25, 0.3) is 66.1 Å². The molecule has 0 spiro atoms. The summed E-state index contributed by atoms with van der Waals surface area (Å²) in [5, 5.41) is 21.5. The van der Waals surface area contributed by atoms with Crippen LogP contribution in [0.3, 0.4) is 0 Å². The van der Waals surface area contributed by atoms with E-state index in [-0.39, 0.29) is 75.9 Å². The molecule has 3 aliphatic heterocycles. The van der Waals surface area contributed by atoms with Crippen molar-refractivity contribution in [2.75, 3.05) is 56.5 Å². The van der Waals surface area contributed by atoms with Gasteiger partial charge >= 0.3 is 0 Å². The molecule has 9 N–H and O–H groups in total. The average Bonchev–Trinajstić information content (AvgIpc) is 1.61. The summed E-state index contributed by atoms with van der Waals surface area (Å²) in [6.45, 7) is 7.76. The van der Waals surface area contributed by atoms with Crippen molar-refractivity contribution in [2.45, 2.75) is 96.2 Å². The van der Waals surface area contributed by atoms with Gasteiger partial charge < -0.3 is 59.8 Å². The van der Waals surface area contributed by atoms with E-state index in [0.717, 1.165) is 122 Å². The van der Waals surface area contributed by atoms with Crippen molar-refractivity contribution in [3.05, 3.63) is 213 Å². The zero-order valence-corrected chi connectivity index (χ0v) is 57.4. The number of nitrogens with zero attached hydrogens (tertiary/aromatic N) is 9. The van der Waals surface area contributed by atoms with Crippen LogP contribution in [0.15, 0.2) is 197 Å². The minimum absolute atomic E-state index is 0.00582. The molecule has 103 heavy (non-hydrogen) atoms. The molecule has 1 saturated carbocycles. The third-order valence-electron chi connectivity index (χ3n) is 19.7. The third-order valence-corrected chi connectivity index (χ3v) is 19.7. The highest BCUT2D eigenvalue weighted by molar-refractivity contribution is 6.04. The Bertz CT molecular complexity index is 5010. The molecule has 9 heterocycles. The maximum absolute atomic E-state index is 12.9. The summed E-state index contributed by atoms with van der Waals surface area (Å²) in [4.78, 5) is 81.8. The number of amides is 3. The van der Waals surface area contributed by atoms with Crippen LogP contribution in [0.5, 0.6) is 34.5 Å². The third kappa shape index (κ3) is 14.6. The number of anilines is 3. The quantitative estimate of drug-likeness (QED) is 0.0556. The maximum atomic E-state index is 12.9. The van der Waals surface area contributed by atoms with Crippen LogP contribution in [0.1, 0.15) is 96.2 Å². The number of hydrogen-bond acceptors (Lipinski definition) is 15. The lowest BCUT2D eigenvalue weighted by molar-refractivity contribution is -0.134. The number of carbonyl (C=O) groups is 3. The van der Waals surface area contributed by atoms with Gasteiger partial charge in [-0.2, -0.15) is 15.3 Å². The van der Waals surface area contributed by atoms with Gasteiger partial charge in [0.25, 0.3) is 16.7 Å². The topological polar surface area (TPSA) is 319 Å². The number of H-pyrrole nitrogens is 3. The standard InChI is InChI=1S/C27H27N5O3.2C26H27N5O3/c28-25-23-22(17-10-12-21(13-11-17)35-20-6-2-1-3-7-20)16-32(24(23)26(33)30-29-25)19-5-4-14-31(15-19)27(34)18-8-9-18;2*1-2-22(32)30-14-6-7-18(15-30)31-16-21(23-24(31)26(33)29-28-25(23)27)17-10-12-20(13-11-17)34-19-8-4-3-5-9-19/h1-3,6-7,10-13,16,18-19H,4-5,8-9,14-15H2,(H2,28,29)(H,30,33);2*3-5,8-13,16,18H,2,6-7,14-15H2,1H3,(H2,27,28)(H,29,33)/t19-;2*18-/m111/s1. The largest absolute Gasteiger partial charge is 0.457 e. The van der Waals surface area contributed by atoms with E-state index in [4.69, 9.17) is 31.4 Å². The molecular formula is C79H81N15O9. The summed E-state index contributed by atoms with van der Waals surface area (Å²) in [6, 6.07) is 51.9. The smallest absolute Gasteiger partial charge is 0.288 e. The predicted octanol–water partition coefficient (Wildman–Crippen LogP) is 13.0. The number of hydrogen-bond donors (Lipinski definition) is 6. The molecule has 0 unspecified atom stereocenters. The molecule has 526 valence electrons. The summed E-state index contributed by atoms with van der Waals surface area (Å²) in [7, 11) is 0. The number of para-hydroxylation sites is 3. The van der Waals surface area contributed by atoms with E-state index in [0.29, 0.717) is 82.4 Å². The second kappa shape index (κ2) is 29.9. The van der Waals surface area contributed by atoms with E-state index in [2.05, 4.69) is 30.6 Å². The van der Waals surface area contributed by atoms with Gasteiger partial charge in [0.15, 0.2) is 17.5 Å². The highest BCUT2D eigenvalue weighted by atomic mass is 16.5. The van der Waals surface area contributed by atoms with Crippen molar-refractivity contribution in [2.24, 2.45) is 5.92 Å². The van der Waals surface area contributed by atoms with Crippen LogP contribution in [0.4, 0.5) is 17.5 Å². The molecule has 24 nitrogen and oxygen atoms in total. The summed E-state index contributed by atoms with van der Waals surface area (Å²) < 4.78 is 23.7. The number of ether oxygens (including phenoxy) is 3. The molecule has 6 aromatic heterocycles. The maximum Gasteiger partial charge on any atom is 0.288 e. The number of aromatic nitrogens is 9. The molecule has 4 fully saturated rings. The van der Waals surface area contributed by atoms with Crippen LogP contribution >= 0.6 is 0 Å². The van der Waals surface area contributed by atoms with Crippen molar-refractivity contribution in [3.8, 4) is 67.9 Å². The van der Waals surface area contributed by atoms with E-state index < -0.39 is 0 Å². The summed E-state index contributed by atoms with van der Waals surface area (Å²) >= 11 is 0. The summed E-state index contributed by atoms with van der Waals surface area (Å²) in [5.41, 5.74) is 24.6. The van der Waals surface area contributed by atoms with Gasteiger partial charge in [-0.3, -0.25) is 28.8 Å². The van der Waals surface area contributed by atoms with Crippen LogP contribution in [0.2, 0.25) is 0 Å². The van der Waals surface area contributed by atoms with Gasteiger partial charge in [-0.25, -0.2) is 15.3 Å². The van der Waals surface area contributed by atoms with Crippen LogP contribution < -0.4 is 48.1 Å². The minimum atomic E-state index is -0.293. The van der Waals surface area contributed by atoms with Crippen LogP contribution in [0, 0.1) is 5.92 Å². The van der Waals surface area contributed by atoms with Crippen molar-refractivity contribution >= 4 is 67.9 Å². The molecule has 16 rings (SSSR count). The van der Waals surface area contributed by atoms with Crippen molar-refractivity contribution in [1.82, 2.24) is 59.0 Å². The summed E-state index contributed by atoms with van der Waals surface area (Å²) in [5.74, 6) is 5.93. The van der Waals surface area contributed by atoms with Crippen LogP contribution in [-0.4, -0.2) is 116 Å². The number of carbonyl (C=O) groups excluding carboxylic acids is 3. The second-order valence-electron chi connectivity index (χ2n) is 26.5. The molecule has 3 atom stereocenters.